The van der Waals surface area contributed by atoms with E-state index in [0.29, 0.717) is 39.0 Å². The molecule has 2 aromatic rings. The van der Waals surface area contributed by atoms with Gasteiger partial charge in [-0.2, -0.15) is 0 Å². The minimum atomic E-state index is -0.158. The van der Waals surface area contributed by atoms with Crippen molar-refractivity contribution >= 4 is 12.4 Å². The van der Waals surface area contributed by atoms with Gasteiger partial charge in [0.05, 0.1) is 0 Å². The molecule has 1 saturated heterocycles. The van der Waals surface area contributed by atoms with Gasteiger partial charge in [0, 0.05) is 0 Å². The molecule has 2 atom stereocenters. The van der Waals surface area contributed by atoms with Crippen LogP contribution in [0.3, 0.4) is 0 Å². The number of hydrogen-bond donors (Lipinski definition) is 2. The van der Waals surface area contributed by atoms with Crippen LogP contribution in [0.25, 0.3) is 0 Å². The summed E-state index contributed by atoms with van der Waals surface area (Å²) >= 11 is 0.376. The Hall–Kier alpha value is -1.81. The molecule has 2 fully saturated rings. The smallest absolute Gasteiger partial charge is 1.00 e. The predicted octanol–water partition coefficient (Wildman–Crippen LogP) is 5.09. The second-order valence-electron chi connectivity index (χ2n) is 16.4. The van der Waals surface area contributed by atoms with Crippen LogP contribution in [0.5, 0.6) is 11.5 Å². The molecule has 1 saturated carbocycles. The van der Waals surface area contributed by atoms with E-state index >= 15 is 0 Å². The van der Waals surface area contributed by atoms with Crippen LogP contribution in [0.1, 0.15) is 142 Å². The Balaban J connectivity index is 0.00000484. The second kappa shape index (κ2) is 11.9. The number of phenols is 2. The third kappa shape index (κ3) is 7.28. The molecule has 4 rings (SSSR count). The fourth-order valence-electron chi connectivity index (χ4n) is 5.90. The molecule has 42 heavy (non-hydrogen) atoms. The molecular weight excluding hydrogens is 583 g/mol. The van der Waals surface area contributed by atoms with E-state index in [1.165, 1.54) is 24.0 Å². The van der Waals surface area contributed by atoms with E-state index in [9.17, 15) is 10.2 Å². The maximum atomic E-state index is 11.5. The van der Waals surface area contributed by atoms with Gasteiger partial charge in [-0.3, -0.25) is 0 Å². The van der Waals surface area contributed by atoms with Gasteiger partial charge in [-0.05, 0) is 0 Å². The summed E-state index contributed by atoms with van der Waals surface area (Å²) in [6, 6.07) is 9.56. The van der Waals surface area contributed by atoms with E-state index in [1.807, 2.05) is 0 Å². The second-order valence-corrected chi connectivity index (χ2v) is 17.8. The minimum absolute atomic E-state index is 0. The first kappa shape index (κ1) is 34.7. The van der Waals surface area contributed by atoms with Gasteiger partial charge < -0.3 is 12.4 Å². The summed E-state index contributed by atoms with van der Waals surface area (Å²) in [5.74, 6) is 0.798. The molecule has 2 unspecified atom stereocenters. The zero-order chi connectivity index (χ0) is 30.7. The summed E-state index contributed by atoms with van der Waals surface area (Å²) in [4.78, 5) is 0. The summed E-state index contributed by atoms with van der Waals surface area (Å²) < 4.78 is 4.96. The van der Waals surface area contributed by atoms with Crippen LogP contribution in [-0.4, -0.2) is 41.9 Å². The summed E-state index contributed by atoms with van der Waals surface area (Å²) in [5, 5.41) is 23.0. The zero-order valence-corrected chi connectivity index (χ0v) is 29.9. The average Bonchev–Trinajstić information content (AvgIpc) is 3.15. The van der Waals surface area contributed by atoms with Crippen LogP contribution in [0.2, 0.25) is 0 Å². The van der Waals surface area contributed by atoms with Gasteiger partial charge in [-0.25, -0.2) is 0 Å². The third-order valence-corrected chi connectivity index (χ3v) is 10.3. The van der Waals surface area contributed by atoms with E-state index in [-0.39, 0.29) is 34.1 Å². The fourth-order valence-corrected chi connectivity index (χ4v) is 7.74. The Kier molecular flexibility index (Phi) is 9.86. The van der Waals surface area contributed by atoms with Gasteiger partial charge in [-0.1, -0.05) is 0 Å². The van der Waals surface area contributed by atoms with Crippen LogP contribution in [-0.2, 0) is 37.1 Å². The van der Waals surface area contributed by atoms with Gasteiger partial charge in [0.1, 0.15) is 0 Å². The fraction of sp³-hybridized carbons (Fsp3) is 0.611. The van der Waals surface area contributed by atoms with E-state index < -0.39 is 0 Å². The number of benzene rings is 2. The first-order valence-electron chi connectivity index (χ1n) is 15.4. The summed E-state index contributed by atoms with van der Waals surface area (Å²) in [6.45, 7) is 26.5. The number of halogens is 1. The van der Waals surface area contributed by atoms with Crippen LogP contribution in [0, 0.1) is 0 Å². The Morgan fingerprint density at radius 2 is 0.929 bits per heavy atom. The van der Waals surface area contributed by atoms with Crippen molar-refractivity contribution < 1.29 is 45.2 Å². The molecule has 2 N–H and O–H groups in total. The van der Waals surface area contributed by atoms with Crippen molar-refractivity contribution in [3.05, 3.63) is 57.6 Å². The first-order chi connectivity index (χ1) is 18.7. The molecule has 2 aliphatic rings. The quantitative estimate of drug-likeness (QED) is 0.451. The molecule has 6 heteroatoms. The van der Waals surface area contributed by atoms with Crippen LogP contribution < -0.4 is 12.4 Å². The molecular formula is C36H54ClMnN2O2+. The summed E-state index contributed by atoms with van der Waals surface area (Å²) in [7, 11) is 0. The van der Waals surface area contributed by atoms with Crippen LogP contribution >= 0.6 is 0 Å². The molecule has 0 radical (unpaired) electrons. The number of hydrogen-bond acceptors (Lipinski definition) is 2. The number of aromatic hydroxyl groups is 2. The van der Waals surface area contributed by atoms with Crippen molar-refractivity contribution in [2.24, 2.45) is 0 Å². The molecule has 233 valence electrons. The maximum Gasteiger partial charge on any atom is -1.00 e. The molecule has 1 aliphatic heterocycles. The summed E-state index contributed by atoms with van der Waals surface area (Å²) in [6.07, 6.45) is 9.19. The first-order valence-corrected chi connectivity index (χ1v) is 16.4. The van der Waals surface area contributed by atoms with Gasteiger partial charge in [-0.15, -0.1) is 0 Å². The van der Waals surface area contributed by atoms with Gasteiger partial charge in [0.25, 0.3) is 0 Å². The molecule has 1 heterocycles. The monoisotopic (exact) mass is 636 g/mol. The van der Waals surface area contributed by atoms with Crippen molar-refractivity contribution in [3.63, 3.8) is 0 Å². The van der Waals surface area contributed by atoms with Crippen molar-refractivity contribution in [1.82, 2.24) is 0 Å². The molecule has 0 spiro atoms. The van der Waals surface area contributed by atoms with E-state index in [4.69, 9.17) is 0 Å². The SMILES string of the molecule is CC(C)(C)c1cc(C=[N+]2[Mn][N+](=Cc3cc(C(C)(C)C)cc(C(C)(C)C)c3O)C3CCCCC32)c(O)c(C(C)(C)C)c1.[Cl-]. The largest absolute Gasteiger partial charge is 1.00 e. The minimum Gasteiger partial charge on any atom is -1.00 e. The predicted molar refractivity (Wildman–Crippen MR) is 168 cm³/mol. The number of rotatable bonds is 2. The van der Waals surface area contributed by atoms with E-state index in [0.717, 1.165) is 35.1 Å². The summed E-state index contributed by atoms with van der Waals surface area (Å²) in [5.41, 5.74) is 5.97. The Labute approximate surface area is 268 Å². The Morgan fingerprint density at radius 3 is 1.21 bits per heavy atom. The molecule has 2 aromatic carbocycles. The van der Waals surface area contributed by atoms with Crippen molar-refractivity contribution in [2.75, 3.05) is 0 Å². The zero-order valence-electron chi connectivity index (χ0n) is 28.0. The molecule has 1 aliphatic carbocycles. The normalized spacial score (nSPS) is 21.9. The molecule has 0 bridgehead atoms. The number of phenolic OH excluding ortho intramolecular Hbond substituents is 2. The third-order valence-electron chi connectivity index (χ3n) is 8.65. The van der Waals surface area contributed by atoms with Crippen molar-refractivity contribution in [3.8, 4) is 11.5 Å². The topological polar surface area (TPSA) is 46.5 Å². The molecule has 0 amide bonds. The van der Waals surface area contributed by atoms with Gasteiger partial charge in [0.15, 0.2) is 0 Å². The van der Waals surface area contributed by atoms with Crippen molar-refractivity contribution in [1.29, 1.82) is 0 Å². The molecule has 0 aromatic heterocycles. The Morgan fingerprint density at radius 1 is 0.595 bits per heavy atom. The average molecular weight is 637 g/mol. The molecule has 4 nitrogen and oxygen atoms in total. The Bertz CT molecular complexity index is 1280. The maximum absolute atomic E-state index is 11.5. The van der Waals surface area contributed by atoms with Gasteiger partial charge in [0.2, 0.25) is 0 Å². The number of nitrogens with zero attached hydrogens (tertiary/aromatic N) is 2. The van der Waals surface area contributed by atoms with E-state index in [1.54, 1.807) is 0 Å². The van der Waals surface area contributed by atoms with Crippen LogP contribution in [0.4, 0.5) is 0 Å². The standard InChI is InChI=1S/C36H54N2O2.ClH.Mn/c1-33(2,3)25-17-23(31(39)27(19-25)35(7,8)9)21-37-29-15-13-14-16-30(29)38-22-24-18-26(34(4,5)6)20-28(32(24)40)36(10,11)12;;/h17-22,29-30,39-40H,13-16H2,1-12H3;1H;/q;;+2/p-1. The number of fused-ring (bicyclic) bond motifs is 1. The van der Waals surface area contributed by atoms with Crippen molar-refractivity contribution in [2.45, 2.75) is 143 Å². The van der Waals surface area contributed by atoms with Gasteiger partial charge >= 0.3 is 257 Å². The van der Waals surface area contributed by atoms with E-state index in [2.05, 4.69) is 127 Å². The van der Waals surface area contributed by atoms with Crippen LogP contribution in [0.15, 0.2) is 24.3 Å².